The Morgan fingerprint density at radius 2 is 2.27 bits per heavy atom. The lowest BCUT2D eigenvalue weighted by molar-refractivity contribution is -0.132. The van der Waals surface area contributed by atoms with Gasteiger partial charge in [-0.25, -0.2) is 0 Å². The van der Waals surface area contributed by atoms with Gasteiger partial charge in [0.15, 0.2) is 0 Å². The van der Waals surface area contributed by atoms with E-state index in [9.17, 15) is 4.79 Å². The van der Waals surface area contributed by atoms with Crippen LogP contribution in [-0.4, -0.2) is 27.1 Å². The summed E-state index contributed by atoms with van der Waals surface area (Å²) in [5, 5.41) is 4.89. The number of hydrogen-bond acceptors (Lipinski definition) is 2. The third kappa shape index (κ3) is 3.50. The van der Waals surface area contributed by atoms with Crippen LogP contribution in [0.2, 0.25) is 5.02 Å². The average Bonchev–Trinajstić information content (AvgIpc) is 3.18. The van der Waals surface area contributed by atoms with Crippen LogP contribution in [0.15, 0.2) is 42.7 Å². The molecule has 0 bridgehead atoms. The number of carbonyl (C=O) groups excluding carboxylic acids is 1. The van der Waals surface area contributed by atoms with Crippen LogP contribution < -0.4 is 0 Å². The van der Waals surface area contributed by atoms with Crippen molar-refractivity contribution in [2.45, 2.75) is 38.3 Å². The normalized spacial score (nSPS) is 17.9. The summed E-state index contributed by atoms with van der Waals surface area (Å²) in [5.74, 6) is 0.231. The van der Waals surface area contributed by atoms with Gasteiger partial charge in [-0.15, -0.1) is 0 Å². The molecule has 0 N–H and O–H groups in total. The van der Waals surface area contributed by atoms with Crippen molar-refractivity contribution in [2.24, 2.45) is 0 Å². The van der Waals surface area contributed by atoms with E-state index in [0.717, 1.165) is 42.9 Å². The predicted octanol–water partition coefficient (Wildman–Crippen LogP) is 3.68. The second-order valence-electron chi connectivity index (χ2n) is 5.67. The first kappa shape index (κ1) is 15.1. The highest BCUT2D eigenvalue weighted by molar-refractivity contribution is 6.30. The van der Waals surface area contributed by atoms with Crippen LogP contribution in [-0.2, 0) is 11.3 Å². The van der Waals surface area contributed by atoms with Gasteiger partial charge in [-0.05, 0) is 43.0 Å². The first-order chi connectivity index (χ1) is 10.7. The van der Waals surface area contributed by atoms with Crippen LogP contribution >= 0.6 is 11.6 Å². The van der Waals surface area contributed by atoms with Crippen molar-refractivity contribution >= 4 is 17.5 Å². The summed E-state index contributed by atoms with van der Waals surface area (Å²) < 4.78 is 1.87. The number of nitrogens with zero attached hydrogens (tertiary/aromatic N) is 3. The van der Waals surface area contributed by atoms with Gasteiger partial charge in [-0.2, -0.15) is 5.10 Å². The van der Waals surface area contributed by atoms with Gasteiger partial charge in [0, 0.05) is 36.9 Å². The number of hydrogen-bond donors (Lipinski definition) is 0. The molecular formula is C17H20ClN3O. The van der Waals surface area contributed by atoms with E-state index >= 15 is 0 Å². The Balaban J connectivity index is 1.59. The number of carbonyl (C=O) groups is 1. The molecule has 5 heteroatoms. The lowest BCUT2D eigenvalue weighted by atomic mass is 10.0. The average molecular weight is 318 g/mol. The molecule has 4 nitrogen and oxygen atoms in total. The molecule has 116 valence electrons. The van der Waals surface area contributed by atoms with Gasteiger partial charge < -0.3 is 4.90 Å². The molecule has 1 atom stereocenters. The molecule has 1 unspecified atom stereocenters. The second kappa shape index (κ2) is 6.97. The van der Waals surface area contributed by atoms with E-state index in [1.54, 1.807) is 6.20 Å². The largest absolute Gasteiger partial charge is 0.336 e. The standard InChI is InChI=1S/C17H20ClN3O/c18-15-6-1-5-14(13-15)16-7-2-12-21(16)17(22)8-3-10-20-11-4-9-19-20/h1,4-6,9,11,13,16H,2-3,7-8,10,12H2. The summed E-state index contributed by atoms with van der Waals surface area (Å²) in [6.45, 7) is 1.63. The monoisotopic (exact) mass is 317 g/mol. The molecule has 1 aliphatic rings. The molecule has 0 aliphatic carbocycles. The van der Waals surface area contributed by atoms with Gasteiger partial charge in [0.2, 0.25) is 5.91 Å². The van der Waals surface area contributed by atoms with Gasteiger partial charge >= 0.3 is 0 Å². The molecule has 0 spiro atoms. The van der Waals surface area contributed by atoms with Gasteiger partial charge in [0.1, 0.15) is 0 Å². The van der Waals surface area contributed by atoms with Crippen molar-refractivity contribution in [3.8, 4) is 0 Å². The fourth-order valence-electron chi connectivity index (χ4n) is 3.09. The number of amides is 1. The lowest BCUT2D eigenvalue weighted by Crippen LogP contribution is -2.30. The lowest BCUT2D eigenvalue weighted by Gasteiger charge is -2.25. The molecule has 1 saturated heterocycles. The Hall–Kier alpha value is -1.81. The van der Waals surface area contributed by atoms with Crippen LogP contribution in [0.4, 0.5) is 0 Å². The number of aryl methyl sites for hydroxylation is 1. The molecule has 2 aromatic rings. The minimum absolute atomic E-state index is 0.177. The highest BCUT2D eigenvalue weighted by atomic mass is 35.5. The first-order valence-electron chi connectivity index (χ1n) is 7.76. The zero-order valence-electron chi connectivity index (χ0n) is 12.5. The van der Waals surface area contributed by atoms with Crippen molar-refractivity contribution in [2.75, 3.05) is 6.54 Å². The van der Waals surface area contributed by atoms with Crippen molar-refractivity contribution in [3.05, 3.63) is 53.3 Å². The zero-order chi connectivity index (χ0) is 15.4. The smallest absolute Gasteiger partial charge is 0.223 e. The maximum Gasteiger partial charge on any atom is 0.223 e. The molecule has 0 saturated carbocycles. The Bertz CT molecular complexity index is 627. The van der Waals surface area contributed by atoms with E-state index in [1.165, 1.54) is 0 Å². The Labute approximate surface area is 135 Å². The van der Waals surface area contributed by atoms with Crippen molar-refractivity contribution in [1.82, 2.24) is 14.7 Å². The zero-order valence-corrected chi connectivity index (χ0v) is 13.2. The molecule has 2 heterocycles. The fourth-order valence-corrected chi connectivity index (χ4v) is 3.29. The molecule has 0 radical (unpaired) electrons. The van der Waals surface area contributed by atoms with E-state index in [0.29, 0.717) is 6.42 Å². The number of rotatable bonds is 5. The molecule has 3 rings (SSSR count). The van der Waals surface area contributed by atoms with E-state index in [4.69, 9.17) is 11.6 Å². The van der Waals surface area contributed by atoms with Crippen molar-refractivity contribution < 1.29 is 4.79 Å². The van der Waals surface area contributed by atoms with E-state index in [1.807, 2.05) is 40.0 Å². The Kier molecular flexibility index (Phi) is 4.78. The van der Waals surface area contributed by atoms with E-state index in [2.05, 4.69) is 11.2 Å². The molecule has 22 heavy (non-hydrogen) atoms. The van der Waals surface area contributed by atoms with Crippen molar-refractivity contribution in [1.29, 1.82) is 0 Å². The number of halogens is 1. The van der Waals surface area contributed by atoms with E-state index in [-0.39, 0.29) is 11.9 Å². The minimum atomic E-state index is 0.177. The number of benzene rings is 1. The predicted molar refractivity (Wildman–Crippen MR) is 86.6 cm³/mol. The molecule has 1 aromatic heterocycles. The third-order valence-corrected chi connectivity index (χ3v) is 4.38. The topological polar surface area (TPSA) is 38.1 Å². The van der Waals surface area contributed by atoms with Crippen LogP contribution in [0.3, 0.4) is 0 Å². The quantitative estimate of drug-likeness (QED) is 0.843. The highest BCUT2D eigenvalue weighted by Gasteiger charge is 2.29. The molecular weight excluding hydrogens is 298 g/mol. The Morgan fingerprint density at radius 3 is 3.05 bits per heavy atom. The summed E-state index contributed by atoms with van der Waals surface area (Å²) in [7, 11) is 0. The maximum absolute atomic E-state index is 12.5. The summed E-state index contributed by atoms with van der Waals surface area (Å²) in [6.07, 6.45) is 7.15. The van der Waals surface area contributed by atoms with Gasteiger partial charge in [-0.3, -0.25) is 9.48 Å². The summed E-state index contributed by atoms with van der Waals surface area (Å²) in [5.41, 5.74) is 1.14. The third-order valence-electron chi connectivity index (χ3n) is 4.14. The van der Waals surface area contributed by atoms with E-state index < -0.39 is 0 Å². The number of likely N-dealkylation sites (tertiary alicyclic amines) is 1. The minimum Gasteiger partial charge on any atom is -0.336 e. The summed E-state index contributed by atoms with van der Waals surface area (Å²) in [6, 6.07) is 9.94. The van der Waals surface area contributed by atoms with Crippen molar-refractivity contribution in [3.63, 3.8) is 0 Å². The van der Waals surface area contributed by atoms with Crippen LogP contribution in [0, 0.1) is 0 Å². The number of aromatic nitrogens is 2. The molecule has 1 aromatic carbocycles. The molecule has 1 amide bonds. The summed E-state index contributed by atoms with van der Waals surface area (Å²) in [4.78, 5) is 14.5. The fraction of sp³-hybridized carbons (Fsp3) is 0.412. The van der Waals surface area contributed by atoms with Gasteiger partial charge in [-0.1, -0.05) is 23.7 Å². The van der Waals surface area contributed by atoms with Crippen LogP contribution in [0.1, 0.15) is 37.3 Å². The second-order valence-corrected chi connectivity index (χ2v) is 6.11. The SMILES string of the molecule is O=C(CCCn1cccn1)N1CCCC1c1cccc(Cl)c1. The Morgan fingerprint density at radius 1 is 1.36 bits per heavy atom. The van der Waals surface area contributed by atoms with Gasteiger partial charge in [0.05, 0.1) is 6.04 Å². The van der Waals surface area contributed by atoms with Crippen LogP contribution in [0.5, 0.6) is 0 Å². The molecule has 1 fully saturated rings. The highest BCUT2D eigenvalue weighted by Crippen LogP contribution is 2.33. The van der Waals surface area contributed by atoms with Gasteiger partial charge in [0.25, 0.3) is 0 Å². The molecule has 1 aliphatic heterocycles. The summed E-state index contributed by atoms with van der Waals surface area (Å²) >= 11 is 6.08. The van der Waals surface area contributed by atoms with Crippen LogP contribution in [0.25, 0.3) is 0 Å². The first-order valence-corrected chi connectivity index (χ1v) is 8.14. The maximum atomic E-state index is 12.5.